The van der Waals surface area contributed by atoms with Crippen LogP contribution in [0.25, 0.3) is 22.3 Å². The van der Waals surface area contributed by atoms with Gasteiger partial charge >= 0.3 is 0 Å². The number of carbonyl (C=O) groups is 1. The highest BCUT2D eigenvalue weighted by Crippen LogP contribution is 2.40. The van der Waals surface area contributed by atoms with Gasteiger partial charge in [0.15, 0.2) is 28.7 Å². The molecule has 0 unspecified atom stereocenters. The molecule has 1 aliphatic rings. The largest absolute Gasteiger partial charge is 0.494 e. The molecule has 214 valence electrons. The normalized spacial score (nSPS) is 13.7. The van der Waals surface area contributed by atoms with E-state index in [0.717, 1.165) is 43.6 Å². The predicted molar refractivity (Wildman–Crippen MR) is 156 cm³/mol. The Balaban J connectivity index is 1.46. The van der Waals surface area contributed by atoms with Gasteiger partial charge in [-0.2, -0.15) is 0 Å². The minimum atomic E-state index is -0.905. The number of carbonyl (C=O) groups excluding carboxylic acids is 1. The number of rotatable bonds is 9. The van der Waals surface area contributed by atoms with Crippen molar-refractivity contribution in [2.75, 3.05) is 42.8 Å². The van der Waals surface area contributed by atoms with Crippen molar-refractivity contribution in [3.05, 3.63) is 66.9 Å². The Labute approximate surface area is 237 Å². The summed E-state index contributed by atoms with van der Waals surface area (Å²) >= 11 is 0. The number of pyridine rings is 1. The Hall–Kier alpha value is -4.60. The summed E-state index contributed by atoms with van der Waals surface area (Å²) in [4.78, 5) is 19.0. The number of anilines is 4. The highest BCUT2D eigenvalue weighted by molar-refractivity contribution is 6.02. The van der Waals surface area contributed by atoms with Crippen molar-refractivity contribution >= 4 is 39.8 Å². The number of aromatic nitrogens is 1. The van der Waals surface area contributed by atoms with Crippen LogP contribution in [-0.2, 0) is 4.79 Å². The molecule has 2 N–H and O–H groups in total. The summed E-state index contributed by atoms with van der Waals surface area (Å²) in [6.45, 7) is 7.71. The molecule has 0 radical (unpaired) electrons. The zero-order valence-corrected chi connectivity index (χ0v) is 23.2. The number of benzene rings is 2. The maximum Gasteiger partial charge on any atom is 0.247 e. The summed E-state index contributed by atoms with van der Waals surface area (Å²) in [6, 6.07) is 10.2. The number of methoxy groups -OCH3 is 2. The fraction of sp³-hybridized carbons (Fsp3) is 0.290. The molecule has 1 saturated heterocycles. The lowest BCUT2D eigenvalue weighted by Gasteiger charge is -2.33. The number of hydrogen-bond acceptors (Lipinski definition) is 7. The zero-order chi connectivity index (χ0) is 29.1. The third-order valence-corrected chi connectivity index (χ3v) is 7.49. The Bertz CT molecular complexity index is 1570. The Morgan fingerprint density at radius 2 is 1.80 bits per heavy atom. The highest BCUT2D eigenvalue weighted by atomic mass is 19.1. The lowest BCUT2D eigenvalue weighted by molar-refractivity contribution is -0.111. The second-order valence-electron chi connectivity index (χ2n) is 9.89. The van der Waals surface area contributed by atoms with E-state index in [1.165, 1.54) is 39.0 Å². The Morgan fingerprint density at radius 3 is 2.44 bits per heavy atom. The van der Waals surface area contributed by atoms with Gasteiger partial charge in [-0.25, -0.2) is 13.8 Å². The van der Waals surface area contributed by atoms with Crippen molar-refractivity contribution in [1.29, 1.82) is 0 Å². The number of furan rings is 1. The maximum atomic E-state index is 15.1. The Morgan fingerprint density at radius 1 is 1.10 bits per heavy atom. The van der Waals surface area contributed by atoms with E-state index in [1.54, 1.807) is 6.07 Å². The van der Waals surface area contributed by atoms with Crippen LogP contribution in [0.15, 0.2) is 59.7 Å². The molecule has 3 heterocycles. The van der Waals surface area contributed by atoms with Crippen molar-refractivity contribution in [2.24, 2.45) is 5.92 Å². The predicted octanol–water partition coefficient (Wildman–Crippen LogP) is 7.28. The van der Waals surface area contributed by atoms with Gasteiger partial charge in [0.25, 0.3) is 0 Å². The van der Waals surface area contributed by atoms with Gasteiger partial charge in [-0.1, -0.05) is 19.9 Å². The van der Waals surface area contributed by atoms with Crippen LogP contribution in [0.2, 0.25) is 0 Å². The average Bonchev–Trinajstić information content (AvgIpc) is 3.41. The molecule has 5 rings (SSSR count). The second kappa shape index (κ2) is 11.9. The van der Waals surface area contributed by atoms with E-state index >= 15 is 8.78 Å². The van der Waals surface area contributed by atoms with Crippen molar-refractivity contribution in [3.63, 3.8) is 0 Å². The maximum absolute atomic E-state index is 15.1. The molecule has 1 amide bonds. The minimum absolute atomic E-state index is 0.0405. The van der Waals surface area contributed by atoms with Crippen molar-refractivity contribution in [2.45, 2.75) is 26.2 Å². The minimum Gasteiger partial charge on any atom is -0.494 e. The monoisotopic (exact) mass is 562 g/mol. The topological polar surface area (TPSA) is 88.9 Å². The number of ether oxygens (including phenoxy) is 2. The van der Waals surface area contributed by atoms with Crippen LogP contribution in [-0.4, -0.2) is 38.2 Å². The van der Waals surface area contributed by atoms with E-state index in [1.807, 2.05) is 18.2 Å². The molecule has 8 nitrogen and oxygen atoms in total. The van der Waals surface area contributed by atoms with Gasteiger partial charge < -0.3 is 29.4 Å². The summed E-state index contributed by atoms with van der Waals surface area (Å²) < 4.78 is 46.0. The molecule has 4 aromatic rings. The third kappa shape index (κ3) is 5.68. The molecule has 2 aromatic carbocycles. The summed E-state index contributed by atoms with van der Waals surface area (Å²) in [7, 11) is 2.57. The SMILES string of the molecule is C=CC(=O)Nc1cc(N2CCC(CC)CC2)ccc1Nc1cc2cc(-c3c(F)c(OC)cc(OC)c3F)oc2cn1. The molecule has 0 bridgehead atoms. The van der Waals surface area contributed by atoms with Gasteiger partial charge in [-0.15, -0.1) is 0 Å². The van der Waals surface area contributed by atoms with E-state index in [9.17, 15) is 4.79 Å². The molecule has 0 spiro atoms. The van der Waals surface area contributed by atoms with E-state index in [-0.39, 0.29) is 23.2 Å². The standard InChI is InChI=1S/C31H32F2N4O4/c1-5-18-9-11-37(12-10-18)20-7-8-21(22(15-20)36-28(38)6-2)35-27-14-19-13-23(41-26(19)17-34-27)29-30(32)24(39-3)16-25(40-4)31(29)33/h6-8,13-18H,2,5,9-12H2,1,3-4H3,(H,34,35)(H,36,38). The fourth-order valence-corrected chi connectivity index (χ4v) is 5.10. The first-order valence-corrected chi connectivity index (χ1v) is 13.4. The summed E-state index contributed by atoms with van der Waals surface area (Å²) in [5.74, 6) is -1.35. The zero-order valence-electron chi connectivity index (χ0n) is 23.2. The number of amides is 1. The van der Waals surface area contributed by atoms with Crippen LogP contribution in [0.1, 0.15) is 26.2 Å². The summed E-state index contributed by atoms with van der Waals surface area (Å²) in [6.07, 6.45) is 6.13. The Kier molecular flexibility index (Phi) is 8.09. The molecule has 0 saturated carbocycles. The number of fused-ring (bicyclic) bond motifs is 1. The first-order chi connectivity index (χ1) is 19.8. The van der Waals surface area contributed by atoms with Gasteiger partial charge in [0.1, 0.15) is 11.6 Å². The van der Waals surface area contributed by atoms with Crippen LogP contribution in [0, 0.1) is 17.6 Å². The highest BCUT2D eigenvalue weighted by Gasteiger charge is 2.25. The van der Waals surface area contributed by atoms with Crippen LogP contribution < -0.4 is 25.0 Å². The number of hydrogen-bond donors (Lipinski definition) is 2. The van der Waals surface area contributed by atoms with Gasteiger partial charge in [-0.3, -0.25) is 4.79 Å². The smallest absolute Gasteiger partial charge is 0.247 e. The fourth-order valence-electron chi connectivity index (χ4n) is 5.10. The number of nitrogens with zero attached hydrogens (tertiary/aromatic N) is 2. The van der Waals surface area contributed by atoms with Gasteiger partial charge in [0, 0.05) is 30.2 Å². The third-order valence-electron chi connectivity index (χ3n) is 7.49. The van der Waals surface area contributed by atoms with Crippen LogP contribution in [0.4, 0.5) is 31.7 Å². The first-order valence-electron chi connectivity index (χ1n) is 13.4. The van der Waals surface area contributed by atoms with Crippen molar-refractivity contribution < 1.29 is 27.5 Å². The summed E-state index contributed by atoms with van der Waals surface area (Å²) in [5.41, 5.74) is 2.15. The average molecular weight is 563 g/mol. The van der Waals surface area contributed by atoms with E-state index in [0.29, 0.717) is 28.2 Å². The van der Waals surface area contributed by atoms with E-state index in [4.69, 9.17) is 13.9 Å². The van der Waals surface area contributed by atoms with Crippen molar-refractivity contribution in [3.8, 4) is 22.8 Å². The molecule has 1 aliphatic heterocycles. The van der Waals surface area contributed by atoms with Gasteiger partial charge in [0.05, 0.1) is 37.4 Å². The van der Waals surface area contributed by atoms with Crippen molar-refractivity contribution in [1.82, 2.24) is 4.98 Å². The second-order valence-corrected chi connectivity index (χ2v) is 9.89. The molecule has 0 atom stereocenters. The molecular formula is C31H32F2N4O4. The van der Waals surface area contributed by atoms with Crippen LogP contribution in [0.3, 0.4) is 0 Å². The molecular weight excluding hydrogens is 530 g/mol. The lowest BCUT2D eigenvalue weighted by Crippen LogP contribution is -2.33. The van der Waals surface area contributed by atoms with Crippen LogP contribution in [0.5, 0.6) is 11.5 Å². The summed E-state index contributed by atoms with van der Waals surface area (Å²) in [5, 5.41) is 6.68. The molecule has 0 aliphatic carbocycles. The van der Waals surface area contributed by atoms with Gasteiger partial charge in [0.2, 0.25) is 5.91 Å². The molecule has 41 heavy (non-hydrogen) atoms. The van der Waals surface area contributed by atoms with E-state index in [2.05, 4.69) is 34.0 Å². The van der Waals surface area contributed by atoms with Crippen LogP contribution >= 0.6 is 0 Å². The molecule has 2 aromatic heterocycles. The quantitative estimate of drug-likeness (QED) is 0.207. The lowest BCUT2D eigenvalue weighted by atomic mass is 9.94. The number of halogens is 2. The van der Waals surface area contributed by atoms with E-state index < -0.39 is 17.2 Å². The first kappa shape index (κ1) is 27.9. The number of nitrogens with one attached hydrogen (secondary N) is 2. The molecule has 1 fully saturated rings. The molecule has 10 heteroatoms. The van der Waals surface area contributed by atoms with Gasteiger partial charge in [-0.05, 0) is 55.2 Å². The number of piperidine rings is 1.